The maximum absolute atomic E-state index is 11.1. The second-order valence-corrected chi connectivity index (χ2v) is 12.6. The number of hydrogen-bond acceptors (Lipinski definition) is 2. The molecule has 32 heavy (non-hydrogen) atoms. The lowest BCUT2D eigenvalue weighted by molar-refractivity contribution is -0.0573. The van der Waals surface area contributed by atoms with Crippen LogP contribution in [0.2, 0.25) is 0 Å². The van der Waals surface area contributed by atoms with Crippen LogP contribution in [0.15, 0.2) is 16.8 Å². The molecule has 3 fully saturated rings. The van der Waals surface area contributed by atoms with Gasteiger partial charge in [-0.25, -0.2) is 10.2 Å². The van der Waals surface area contributed by atoms with E-state index < -0.39 is 6.03 Å². The highest BCUT2D eigenvalue weighted by molar-refractivity contribution is 5.97. The summed E-state index contributed by atoms with van der Waals surface area (Å²) in [5.41, 5.74) is 11.1. The Morgan fingerprint density at radius 3 is 2.59 bits per heavy atom. The van der Waals surface area contributed by atoms with Gasteiger partial charge in [-0.05, 0) is 104 Å². The molecule has 4 aliphatic rings. The Labute approximate surface area is 196 Å². The summed E-state index contributed by atoms with van der Waals surface area (Å²) in [5, 5.41) is 4.25. The Morgan fingerprint density at radius 2 is 1.88 bits per heavy atom. The van der Waals surface area contributed by atoms with Gasteiger partial charge in [-0.15, -0.1) is 0 Å². The summed E-state index contributed by atoms with van der Waals surface area (Å²) >= 11 is 0. The predicted molar refractivity (Wildman–Crippen MR) is 133 cm³/mol. The minimum atomic E-state index is -0.575. The molecule has 3 N–H and O–H groups in total. The summed E-state index contributed by atoms with van der Waals surface area (Å²) in [6.45, 7) is 12.5. The summed E-state index contributed by atoms with van der Waals surface area (Å²) < 4.78 is 0. The van der Waals surface area contributed by atoms with Crippen molar-refractivity contribution in [2.75, 3.05) is 0 Å². The molecule has 4 nitrogen and oxygen atoms in total. The van der Waals surface area contributed by atoms with Crippen LogP contribution in [0.5, 0.6) is 0 Å². The largest absolute Gasteiger partial charge is 0.350 e. The van der Waals surface area contributed by atoms with Gasteiger partial charge in [0, 0.05) is 0 Å². The van der Waals surface area contributed by atoms with E-state index in [4.69, 9.17) is 5.73 Å². The molecule has 4 heteroatoms. The number of carbonyl (C=O) groups is 1. The molecule has 0 spiro atoms. The molecule has 2 amide bonds. The van der Waals surface area contributed by atoms with E-state index in [2.05, 4.69) is 51.2 Å². The third-order valence-electron chi connectivity index (χ3n) is 10.5. The molecule has 4 aliphatic carbocycles. The minimum Gasteiger partial charge on any atom is -0.350 e. The molecule has 7 atom stereocenters. The minimum absolute atomic E-state index is 0.316. The molecule has 4 rings (SSSR count). The van der Waals surface area contributed by atoms with E-state index in [1.807, 2.05) is 0 Å². The topological polar surface area (TPSA) is 67.5 Å². The van der Waals surface area contributed by atoms with Gasteiger partial charge in [-0.1, -0.05) is 59.5 Å². The number of rotatable bonds is 6. The van der Waals surface area contributed by atoms with E-state index in [0.717, 1.165) is 54.1 Å². The number of nitrogens with zero attached hydrogens (tertiary/aromatic N) is 1. The molecule has 0 aromatic rings. The lowest BCUT2D eigenvalue weighted by Crippen LogP contribution is -2.51. The highest BCUT2D eigenvalue weighted by atomic mass is 16.2. The lowest BCUT2D eigenvalue weighted by atomic mass is 9.46. The van der Waals surface area contributed by atoms with Crippen LogP contribution in [0.25, 0.3) is 0 Å². The summed E-state index contributed by atoms with van der Waals surface area (Å²) in [6, 6.07) is -0.575. The summed E-state index contributed by atoms with van der Waals surface area (Å²) in [7, 11) is 0. The first kappa shape index (κ1) is 23.8. The quantitative estimate of drug-likeness (QED) is 0.426. The SMILES string of the molecule is CC(C)CCC[C@@H](C)[C@H]1CC[C@H]2[C@@H]3CCC4=C/C(=N\NC(N)=O)CC[C@]4(C)[C@H]3CC[C@]12C. The van der Waals surface area contributed by atoms with Crippen LogP contribution >= 0.6 is 0 Å². The van der Waals surface area contributed by atoms with Crippen LogP contribution in [0.3, 0.4) is 0 Å². The first-order valence-corrected chi connectivity index (χ1v) is 13.5. The van der Waals surface area contributed by atoms with Gasteiger partial charge in [-0.3, -0.25) is 0 Å². The number of hydrazone groups is 1. The van der Waals surface area contributed by atoms with Gasteiger partial charge in [-0.2, -0.15) is 5.10 Å². The van der Waals surface area contributed by atoms with Gasteiger partial charge < -0.3 is 5.73 Å². The summed E-state index contributed by atoms with van der Waals surface area (Å²) in [5.74, 6) is 5.27. The first-order chi connectivity index (χ1) is 15.1. The number of hydrogen-bond donors (Lipinski definition) is 2. The van der Waals surface area contributed by atoms with Crippen LogP contribution < -0.4 is 11.2 Å². The average Bonchev–Trinajstić information content (AvgIpc) is 3.09. The third-order valence-corrected chi connectivity index (χ3v) is 10.5. The average molecular weight is 442 g/mol. The number of fused-ring (bicyclic) bond motifs is 5. The molecule has 180 valence electrons. The maximum atomic E-state index is 11.1. The Balaban J connectivity index is 1.47. The number of carbonyl (C=O) groups excluding carboxylic acids is 1. The van der Waals surface area contributed by atoms with Crippen LogP contribution in [-0.2, 0) is 0 Å². The fraction of sp³-hybridized carbons (Fsp3) is 0.857. The predicted octanol–water partition coefficient (Wildman–Crippen LogP) is 7.05. The van der Waals surface area contributed by atoms with Crippen molar-refractivity contribution in [1.29, 1.82) is 0 Å². The van der Waals surface area contributed by atoms with Gasteiger partial charge in [0.15, 0.2) is 0 Å². The molecule has 0 heterocycles. The normalized spacial score (nSPS) is 40.9. The van der Waals surface area contributed by atoms with Crippen molar-refractivity contribution in [1.82, 2.24) is 5.43 Å². The van der Waals surface area contributed by atoms with Crippen molar-refractivity contribution in [3.05, 3.63) is 11.6 Å². The molecule has 0 aromatic heterocycles. The third kappa shape index (κ3) is 4.28. The van der Waals surface area contributed by atoms with E-state index in [9.17, 15) is 4.79 Å². The van der Waals surface area contributed by atoms with Crippen molar-refractivity contribution in [3.8, 4) is 0 Å². The molecule has 0 aliphatic heterocycles. The highest BCUT2D eigenvalue weighted by Crippen LogP contribution is 2.67. The molecule has 0 bridgehead atoms. The van der Waals surface area contributed by atoms with Crippen LogP contribution in [-0.4, -0.2) is 11.7 Å². The number of allylic oxidation sites excluding steroid dienone is 2. The standard InChI is InChI=1S/C28H47N3O/c1-18(2)7-6-8-19(3)23-11-12-24-22-10-9-20-17-21(30-31-26(29)32)13-15-27(20,4)25(22)14-16-28(23,24)5/h17-19,22-25H,6-16H2,1-5H3,(H3,29,31,32)/b30-21-/t19-,22+,23-,24+,25+,27+,28-/m1/s1. The molecule has 0 unspecified atom stereocenters. The highest BCUT2D eigenvalue weighted by Gasteiger charge is 2.59. The zero-order valence-electron chi connectivity index (χ0n) is 21.3. The molecule has 0 aromatic carbocycles. The van der Waals surface area contributed by atoms with Crippen molar-refractivity contribution < 1.29 is 4.79 Å². The Morgan fingerprint density at radius 1 is 1.09 bits per heavy atom. The molecular formula is C28H47N3O. The first-order valence-electron chi connectivity index (χ1n) is 13.5. The van der Waals surface area contributed by atoms with Crippen LogP contribution in [0.4, 0.5) is 4.79 Å². The van der Waals surface area contributed by atoms with Gasteiger partial charge in [0.1, 0.15) is 0 Å². The zero-order chi connectivity index (χ0) is 23.1. The Bertz CT molecular complexity index is 771. The smallest absolute Gasteiger partial charge is 0.332 e. The monoisotopic (exact) mass is 441 g/mol. The lowest BCUT2D eigenvalue weighted by Gasteiger charge is -2.58. The number of amides is 2. The van der Waals surface area contributed by atoms with Crippen molar-refractivity contribution >= 4 is 11.7 Å². The second kappa shape index (κ2) is 9.14. The molecule has 3 saturated carbocycles. The number of urea groups is 1. The number of nitrogens with one attached hydrogen (secondary N) is 1. The Kier molecular flexibility index (Phi) is 6.81. The van der Waals surface area contributed by atoms with E-state index in [1.165, 1.54) is 57.8 Å². The number of nitrogens with two attached hydrogens (primary N) is 1. The maximum Gasteiger partial charge on any atom is 0.332 e. The van der Waals surface area contributed by atoms with E-state index in [0.29, 0.717) is 10.8 Å². The van der Waals surface area contributed by atoms with E-state index in [-0.39, 0.29) is 0 Å². The van der Waals surface area contributed by atoms with Crippen molar-refractivity contribution in [2.24, 2.45) is 57.2 Å². The Hall–Kier alpha value is -1.32. The van der Waals surface area contributed by atoms with Crippen LogP contribution in [0, 0.1) is 46.3 Å². The van der Waals surface area contributed by atoms with Gasteiger partial charge in [0.05, 0.1) is 5.71 Å². The summed E-state index contributed by atoms with van der Waals surface area (Å²) in [4.78, 5) is 11.1. The fourth-order valence-electron chi connectivity index (χ4n) is 8.81. The van der Waals surface area contributed by atoms with E-state index in [1.54, 1.807) is 5.57 Å². The molecule has 0 saturated heterocycles. The van der Waals surface area contributed by atoms with Gasteiger partial charge in [0.2, 0.25) is 0 Å². The fourth-order valence-corrected chi connectivity index (χ4v) is 8.81. The van der Waals surface area contributed by atoms with Crippen LogP contribution in [0.1, 0.15) is 105 Å². The molecular weight excluding hydrogens is 394 g/mol. The van der Waals surface area contributed by atoms with Crippen molar-refractivity contribution in [2.45, 2.75) is 105 Å². The summed E-state index contributed by atoms with van der Waals surface area (Å²) in [6.07, 6.45) is 16.9. The zero-order valence-corrected chi connectivity index (χ0v) is 21.3. The number of primary amides is 1. The van der Waals surface area contributed by atoms with Gasteiger partial charge >= 0.3 is 6.03 Å². The van der Waals surface area contributed by atoms with Gasteiger partial charge in [0.25, 0.3) is 0 Å². The van der Waals surface area contributed by atoms with E-state index >= 15 is 0 Å². The van der Waals surface area contributed by atoms with Crippen molar-refractivity contribution in [3.63, 3.8) is 0 Å². The molecule has 0 radical (unpaired) electrons. The second-order valence-electron chi connectivity index (χ2n) is 12.6.